The third-order valence-corrected chi connectivity index (χ3v) is 3.11. The molecule has 2 aromatic carbocycles. The highest BCUT2D eigenvalue weighted by Gasteiger charge is 2.16. The van der Waals surface area contributed by atoms with Crippen molar-refractivity contribution >= 4 is 17.6 Å². The van der Waals surface area contributed by atoms with E-state index in [1.54, 1.807) is 19.1 Å². The first-order valence-electron chi connectivity index (χ1n) is 6.58. The molecule has 0 aliphatic heterocycles. The van der Waals surface area contributed by atoms with E-state index in [0.717, 1.165) is 0 Å². The first kappa shape index (κ1) is 16.1. The normalized spacial score (nSPS) is 10.3. The fourth-order valence-corrected chi connectivity index (χ4v) is 2.14. The SMILES string of the molecule is CCOc1cc(C(=O)O)cc(Cl)c1OCc1cccc(F)c1. The van der Waals surface area contributed by atoms with Gasteiger partial charge in [0.2, 0.25) is 0 Å². The van der Waals surface area contributed by atoms with Crippen molar-refractivity contribution in [2.24, 2.45) is 0 Å². The number of hydrogen-bond donors (Lipinski definition) is 1. The molecule has 0 aliphatic rings. The van der Waals surface area contributed by atoms with Gasteiger partial charge in [-0.2, -0.15) is 0 Å². The summed E-state index contributed by atoms with van der Waals surface area (Å²) in [6.07, 6.45) is 0. The van der Waals surface area contributed by atoms with Gasteiger partial charge >= 0.3 is 5.97 Å². The van der Waals surface area contributed by atoms with Crippen molar-refractivity contribution in [2.75, 3.05) is 6.61 Å². The second-order valence-electron chi connectivity index (χ2n) is 4.44. The third-order valence-electron chi connectivity index (χ3n) is 2.83. The minimum absolute atomic E-state index is 0.00607. The Hall–Kier alpha value is -2.27. The number of rotatable bonds is 6. The molecule has 0 saturated heterocycles. The number of hydrogen-bond acceptors (Lipinski definition) is 3. The number of carboxylic acid groups (broad SMARTS) is 1. The van der Waals surface area contributed by atoms with Crippen LogP contribution in [0, 0.1) is 5.82 Å². The molecule has 22 heavy (non-hydrogen) atoms. The van der Waals surface area contributed by atoms with Gasteiger partial charge in [0.15, 0.2) is 11.5 Å². The predicted molar refractivity (Wildman–Crippen MR) is 80.3 cm³/mol. The topological polar surface area (TPSA) is 55.8 Å². The predicted octanol–water partition coefficient (Wildman–Crippen LogP) is 4.16. The van der Waals surface area contributed by atoms with Crippen molar-refractivity contribution < 1.29 is 23.8 Å². The summed E-state index contributed by atoms with van der Waals surface area (Å²) in [6.45, 7) is 2.18. The summed E-state index contributed by atoms with van der Waals surface area (Å²) in [6, 6.07) is 8.60. The van der Waals surface area contributed by atoms with Crippen molar-refractivity contribution in [3.05, 3.63) is 58.4 Å². The van der Waals surface area contributed by atoms with Crippen LogP contribution >= 0.6 is 11.6 Å². The first-order valence-corrected chi connectivity index (χ1v) is 6.96. The molecule has 0 aliphatic carbocycles. The fourth-order valence-electron chi connectivity index (χ4n) is 1.88. The van der Waals surface area contributed by atoms with E-state index in [0.29, 0.717) is 12.2 Å². The van der Waals surface area contributed by atoms with E-state index in [2.05, 4.69) is 0 Å². The van der Waals surface area contributed by atoms with E-state index in [4.69, 9.17) is 26.2 Å². The van der Waals surface area contributed by atoms with E-state index in [-0.39, 0.29) is 34.5 Å². The average molecular weight is 325 g/mol. The number of carbonyl (C=O) groups is 1. The molecule has 0 fully saturated rings. The number of carboxylic acids is 1. The summed E-state index contributed by atoms with van der Waals surface area (Å²) in [7, 11) is 0. The molecule has 2 aromatic rings. The molecule has 0 heterocycles. The molecule has 2 rings (SSSR count). The largest absolute Gasteiger partial charge is 0.490 e. The summed E-state index contributed by atoms with van der Waals surface area (Å²) in [5, 5.41) is 9.16. The van der Waals surface area contributed by atoms with E-state index >= 15 is 0 Å². The van der Waals surface area contributed by atoms with Crippen molar-refractivity contribution in [1.29, 1.82) is 0 Å². The molecule has 6 heteroatoms. The number of ether oxygens (including phenoxy) is 2. The molecule has 4 nitrogen and oxygen atoms in total. The van der Waals surface area contributed by atoms with Crippen molar-refractivity contribution in [1.82, 2.24) is 0 Å². The Morgan fingerprint density at radius 3 is 2.68 bits per heavy atom. The molecular weight excluding hydrogens is 311 g/mol. The molecule has 0 aromatic heterocycles. The van der Waals surface area contributed by atoms with E-state index in [1.165, 1.54) is 24.3 Å². The number of benzene rings is 2. The second-order valence-corrected chi connectivity index (χ2v) is 4.85. The van der Waals surface area contributed by atoms with Crippen molar-refractivity contribution in [2.45, 2.75) is 13.5 Å². The highest BCUT2D eigenvalue weighted by molar-refractivity contribution is 6.32. The summed E-state index contributed by atoms with van der Waals surface area (Å²) in [5.74, 6) is -1.00. The smallest absolute Gasteiger partial charge is 0.335 e. The Morgan fingerprint density at radius 1 is 1.27 bits per heavy atom. The molecular formula is C16H14ClFO4. The average Bonchev–Trinajstić information content (AvgIpc) is 2.46. The van der Waals surface area contributed by atoms with Crippen LogP contribution in [0.2, 0.25) is 5.02 Å². The van der Waals surface area contributed by atoms with Crippen LogP contribution in [0.15, 0.2) is 36.4 Å². The highest BCUT2D eigenvalue weighted by Crippen LogP contribution is 2.37. The van der Waals surface area contributed by atoms with Gasteiger partial charge in [-0.25, -0.2) is 9.18 Å². The summed E-state index contributed by atoms with van der Waals surface area (Å²) >= 11 is 6.07. The molecule has 1 N–H and O–H groups in total. The molecule has 0 amide bonds. The quantitative estimate of drug-likeness (QED) is 0.867. The minimum atomic E-state index is -1.11. The molecule has 0 radical (unpaired) electrons. The molecule has 116 valence electrons. The van der Waals surface area contributed by atoms with Gasteiger partial charge in [-0.15, -0.1) is 0 Å². The lowest BCUT2D eigenvalue weighted by atomic mass is 10.2. The highest BCUT2D eigenvalue weighted by atomic mass is 35.5. The molecule has 0 unspecified atom stereocenters. The van der Waals surface area contributed by atoms with Gasteiger partial charge < -0.3 is 14.6 Å². The maximum Gasteiger partial charge on any atom is 0.335 e. The van der Waals surface area contributed by atoms with Gasteiger partial charge in [0.05, 0.1) is 17.2 Å². The maximum atomic E-state index is 13.1. The Kier molecular flexibility index (Phi) is 5.22. The lowest BCUT2D eigenvalue weighted by Gasteiger charge is -2.14. The minimum Gasteiger partial charge on any atom is -0.490 e. The molecule has 0 atom stereocenters. The van der Waals surface area contributed by atoms with Crippen LogP contribution < -0.4 is 9.47 Å². The van der Waals surface area contributed by atoms with E-state index in [9.17, 15) is 9.18 Å². The zero-order chi connectivity index (χ0) is 16.1. The van der Waals surface area contributed by atoms with Gasteiger partial charge in [-0.05, 0) is 36.8 Å². The van der Waals surface area contributed by atoms with Crippen LogP contribution in [-0.4, -0.2) is 17.7 Å². The Labute approximate surface area is 132 Å². The van der Waals surface area contributed by atoms with Crippen LogP contribution in [0.3, 0.4) is 0 Å². The molecule has 0 spiro atoms. The van der Waals surface area contributed by atoms with Crippen LogP contribution in [0.4, 0.5) is 4.39 Å². The monoisotopic (exact) mass is 324 g/mol. The second kappa shape index (κ2) is 7.13. The maximum absolute atomic E-state index is 13.1. The molecule has 0 bridgehead atoms. The van der Waals surface area contributed by atoms with Crippen LogP contribution in [0.25, 0.3) is 0 Å². The fraction of sp³-hybridized carbons (Fsp3) is 0.188. The zero-order valence-electron chi connectivity index (χ0n) is 11.8. The third kappa shape index (κ3) is 3.89. The Bertz CT molecular complexity index is 688. The van der Waals surface area contributed by atoms with Crippen molar-refractivity contribution in [3.63, 3.8) is 0 Å². The Balaban J connectivity index is 2.27. The zero-order valence-corrected chi connectivity index (χ0v) is 12.6. The van der Waals surface area contributed by atoms with E-state index in [1.807, 2.05) is 0 Å². The summed E-state index contributed by atoms with van der Waals surface area (Å²) < 4.78 is 24.1. The van der Waals surface area contributed by atoms with E-state index < -0.39 is 5.97 Å². The Morgan fingerprint density at radius 2 is 2.05 bits per heavy atom. The lowest BCUT2D eigenvalue weighted by molar-refractivity contribution is 0.0696. The number of aromatic carboxylic acids is 1. The lowest BCUT2D eigenvalue weighted by Crippen LogP contribution is -2.03. The van der Waals surface area contributed by atoms with Crippen LogP contribution in [-0.2, 0) is 6.61 Å². The van der Waals surface area contributed by atoms with Gasteiger partial charge in [0.1, 0.15) is 12.4 Å². The van der Waals surface area contributed by atoms with Gasteiger partial charge in [-0.3, -0.25) is 0 Å². The van der Waals surface area contributed by atoms with Crippen LogP contribution in [0.5, 0.6) is 11.5 Å². The van der Waals surface area contributed by atoms with Crippen LogP contribution in [0.1, 0.15) is 22.8 Å². The van der Waals surface area contributed by atoms with Gasteiger partial charge in [-0.1, -0.05) is 23.7 Å². The molecule has 0 saturated carbocycles. The standard InChI is InChI=1S/C16H14ClFO4/c1-2-21-14-8-11(16(19)20)7-13(17)15(14)22-9-10-4-3-5-12(18)6-10/h3-8H,2,9H2,1H3,(H,19,20). The van der Waals surface area contributed by atoms with Gasteiger partial charge in [0.25, 0.3) is 0 Å². The van der Waals surface area contributed by atoms with Gasteiger partial charge in [0, 0.05) is 0 Å². The summed E-state index contributed by atoms with van der Waals surface area (Å²) in [4.78, 5) is 11.0. The number of halogens is 2. The summed E-state index contributed by atoms with van der Waals surface area (Å²) in [5.41, 5.74) is 0.632. The first-order chi connectivity index (χ1) is 10.5. The van der Waals surface area contributed by atoms with Crippen molar-refractivity contribution in [3.8, 4) is 11.5 Å².